The van der Waals surface area contributed by atoms with Crippen LogP contribution in [0.15, 0.2) is 29.3 Å². The fourth-order valence-electron chi connectivity index (χ4n) is 1.51. The zero-order valence-electron chi connectivity index (χ0n) is 9.20. The maximum absolute atomic E-state index is 5.52. The molecule has 0 spiro atoms. The van der Waals surface area contributed by atoms with Gasteiger partial charge in [0, 0.05) is 20.0 Å². The number of H-pyrrole nitrogens is 1. The first kappa shape index (κ1) is 10.5. The standard InChI is InChI=1S/C11H15N5/c1-13-11(12)14-7-6-10-15-8-4-2-3-5-9(8)16-10/h2-5H,6-7H2,1H3,(H,15,16)(H3,12,13,14). The minimum atomic E-state index is 0.455. The number of aromatic nitrogens is 2. The first-order valence-corrected chi connectivity index (χ1v) is 5.19. The highest BCUT2D eigenvalue weighted by molar-refractivity contribution is 5.77. The summed E-state index contributed by atoms with van der Waals surface area (Å²) in [6.45, 7) is 0.725. The Labute approximate surface area is 93.8 Å². The topological polar surface area (TPSA) is 79.1 Å². The van der Waals surface area contributed by atoms with E-state index >= 15 is 0 Å². The second-order valence-electron chi connectivity index (χ2n) is 3.49. The van der Waals surface area contributed by atoms with Crippen molar-refractivity contribution in [3.8, 4) is 0 Å². The van der Waals surface area contributed by atoms with E-state index in [-0.39, 0.29) is 0 Å². The van der Waals surface area contributed by atoms with Crippen molar-refractivity contribution in [2.24, 2.45) is 10.7 Å². The molecule has 5 nitrogen and oxygen atoms in total. The van der Waals surface area contributed by atoms with Gasteiger partial charge in [-0.25, -0.2) is 4.98 Å². The highest BCUT2D eigenvalue weighted by Gasteiger charge is 2.01. The summed E-state index contributed by atoms with van der Waals surface area (Å²) in [5.74, 6) is 1.41. The van der Waals surface area contributed by atoms with Crippen LogP contribution in [-0.2, 0) is 6.42 Å². The minimum absolute atomic E-state index is 0.455. The molecule has 0 bridgehead atoms. The van der Waals surface area contributed by atoms with Crippen LogP contribution in [0, 0.1) is 0 Å². The monoisotopic (exact) mass is 217 g/mol. The molecule has 84 valence electrons. The molecule has 0 aliphatic heterocycles. The number of aliphatic imine (C=N–C) groups is 1. The second-order valence-corrected chi connectivity index (χ2v) is 3.49. The predicted octanol–water partition coefficient (Wildman–Crippen LogP) is 0.639. The molecule has 0 aliphatic carbocycles. The lowest BCUT2D eigenvalue weighted by molar-refractivity contribution is 0.820. The van der Waals surface area contributed by atoms with Crippen molar-refractivity contribution in [2.45, 2.75) is 6.42 Å². The maximum atomic E-state index is 5.52. The van der Waals surface area contributed by atoms with Gasteiger partial charge in [0.1, 0.15) is 5.82 Å². The molecule has 1 aromatic carbocycles. The number of nitrogens with two attached hydrogens (primary N) is 1. The van der Waals surface area contributed by atoms with E-state index in [2.05, 4.69) is 20.3 Å². The van der Waals surface area contributed by atoms with Gasteiger partial charge in [0.05, 0.1) is 11.0 Å². The fourth-order valence-corrected chi connectivity index (χ4v) is 1.51. The van der Waals surface area contributed by atoms with E-state index in [1.807, 2.05) is 24.3 Å². The van der Waals surface area contributed by atoms with Crippen molar-refractivity contribution in [1.29, 1.82) is 0 Å². The maximum Gasteiger partial charge on any atom is 0.188 e. The molecule has 1 heterocycles. The van der Waals surface area contributed by atoms with E-state index in [1.54, 1.807) is 7.05 Å². The van der Waals surface area contributed by atoms with Gasteiger partial charge in [0.25, 0.3) is 0 Å². The lowest BCUT2D eigenvalue weighted by Crippen LogP contribution is -2.33. The third kappa shape index (κ3) is 2.31. The van der Waals surface area contributed by atoms with Crippen LogP contribution >= 0.6 is 0 Å². The van der Waals surface area contributed by atoms with Crippen LogP contribution < -0.4 is 11.1 Å². The zero-order chi connectivity index (χ0) is 11.4. The number of aromatic amines is 1. The third-order valence-corrected chi connectivity index (χ3v) is 2.35. The molecule has 0 amide bonds. The SMILES string of the molecule is CN=C(N)NCCc1nc2ccccc2[nH]1. The molecule has 16 heavy (non-hydrogen) atoms. The quantitative estimate of drug-likeness (QED) is 0.521. The summed E-state index contributed by atoms with van der Waals surface area (Å²) in [7, 11) is 1.66. The van der Waals surface area contributed by atoms with Crippen molar-refractivity contribution < 1.29 is 0 Å². The summed E-state index contributed by atoms with van der Waals surface area (Å²) >= 11 is 0. The van der Waals surface area contributed by atoms with Crippen LogP contribution in [0.2, 0.25) is 0 Å². The molecule has 0 saturated carbocycles. The molecule has 5 heteroatoms. The van der Waals surface area contributed by atoms with Crippen molar-refractivity contribution in [1.82, 2.24) is 15.3 Å². The summed E-state index contributed by atoms with van der Waals surface area (Å²) in [5, 5.41) is 2.99. The summed E-state index contributed by atoms with van der Waals surface area (Å²) in [6, 6.07) is 7.98. The Balaban J connectivity index is 1.99. The summed E-state index contributed by atoms with van der Waals surface area (Å²) < 4.78 is 0. The number of rotatable bonds is 3. The van der Waals surface area contributed by atoms with E-state index in [1.165, 1.54) is 0 Å². The molecule has 2 rings (SSSR count). The molecule has 0 unspecified atom stereocenters. The Hall–Kier alpha value is -2.04. The largest absolute Gasteiger partial charge is 0.370 e. The summed E-state index contributed by atoms with van der Waals surface area (Å²) in [4.78, 5) is 11.5. The Bertz CT molecular complexity index is 467. The second kappa shape index (κ2) is 4.65. The number of fused-ring (bicyclic) bond motifs is 1. The molecule has 0 fully saturated rings. The van der Waals surface area contributed by atoms with Gasteiger partial charge in [0.15, 0.2) is 5.96 Å². The van der Waals surface area contributed by atoms with Crippen LogP contribution in [0.4, 0.5) is 0 Å². The Morgan fingerprint density at radius 1 is 1.50 bits per heavy atom. The number of benzene rings is 1. The molecular weight excluding hydrogens is 202 g/mol. The average molecular weight is 217 g/mol. The molecule has 0 radical (unpaired) electrons. The van der Waals surface area contributed by atoms with Gasteiger partial charge in [0.2, 0.25) is 0 Å². The van der Waals surface area contributed by atoms with E-state index in [9.17, 15) is 0 Å². The zero-order valence-corrected chi connectivity index (χ0v) is 9.20. The molecule has 0 atom stereocenters. The molecule has 2 aromatic rings. The van der Waals surface area contributed by atoms with E-state index in [0.717, 1.165) is 29.8 Å². The molecular formula is C11H15N5. The Morgan fingerprint density at radius 3 is 3.06 bits per heavy atom. The van der Waals surface area contributed by atoms with Gasteiger partial charge in [-0.15, -0.1) is 0 Å². The van der Waals surface area contributed by atoms with Crippen LogP contribution in [0.3, 0.4) is 0 Å². The van der Waals surface area contributed by atoms with Crippen LogP contribution in [0.25, 0.3) is 11.0 Å². The molecule has 0 saturated heterocycles. The van der Waals surface area contributed by atoms with Gasteiger partial charge >= 0.3 is 0 Å². The molecule has 1 aromatic heterocycles. The first-order valence-electron chi connectivity index (χ1n) is 5.19. The van der Waals surface area contributed by atoms with Gasteiger partial charge in [-0.3, -0.25) is 4.99 Å². The Kier molecular flexibility index (Phi) is 3.05. The number of nitrogens with one attached hydrogen (secondary N) is 2. The predicted molar refractivity (Wildman–Crippen MR) is 65.3 cm³/mol. The number of imidazole rings is 1. The fraction of sp³-hybridized carbons (Fsp3) is 0.273. The number of guanidine groups is 1. The van der Waals surface area contributed by atoms with E-state index in [4.69, 9.17) is 5.73 Å². The smallest absolute Gasteiger partial charge is 0.188 e. The minimum Gasteiger partial charge on any atom is -0.370 e. The summed E-state index contributed by atoms with van der Waals surface area (Å²) in [5.41, 5.74) is 7.58. The number of hydrogen-bond acceptors (Lipinski definition) is 2. The third-order valence-electron chi connectivity index (χ3n) is 2.35. The highest BCUT2D eigenvalue weighted by Crippen LogP contribution is 2.09. The molecule has 0 aliphatic rings. The number of nitrogens with zero attached hydrogens (tertiary/aromatic N) is 2. The van der Waals surface area contributed by atoms with Crippen LogP contribution in [0.5, 0.6) is 0 Å². The van der Waals surface area contributed by atoms with Crippen molar-refractivity contribution >= 4 is 17.0 Å². The Morgan fingerprint density at radius 2 is 2.31 bits per heavy atom. The van der Waals surface area contributed by atoms with Gasteiger partial charge < -0.3 is 16.0 Å². The van der Waals surface area contributed by atoms with Gasteiger partial charge in [-0.2, -0.15) is 0 Å². The number of hydrogen-bond donors (Lipinski definition) is 3. The highest BCUT2D eigenvalue weighted by atomic mass is 15.1. The van der Waals surface area contributed by atoms with Gasteiger partial charge in [-0.05, 0) is 12.1 Å². The van der Waals surface area contributed by atoms with Crippen molar-refractivity contribution in [3.05, 3.63) is 30.1 Å². The molecule has 4 N–H and O–H groups in total. The lowest BCUT2D eigenvalue weighted by atomic mass is 10.3. The van der Waals surface area contributed by atoms with Crippen molar-refractivity contribution in [2.75, 3.05) is 13.6 Å². The van der Waals surface area contributed by atoms with Gasteiger partial charge in [-0.1, -0.05) is 12.1 Å². The van der Waals surface area contributed by atoms with E-state index in [0.29, 0.717) is 5.96 Å². The van der Waals surface area contributed by atoms with Crippen LogP contribution in [-0.4, -0.2) is 29.5 Å². The summed E-state index contributed by atoms with van der Waals surface area (Å²) in [6.07, 6.45) is 0.797. The van der Waals surface area contributed by atoms with E-state index < -0.39 is 0 Å². The number of para-hydroxylation sites is 2. The first-order chi connectivity index (χ1) is 7.79. The average Bonchev–Trinajstić information content (AvgIpc) is 2.71. The normalized spacial score (nSPS) is 11.9. The van der Waals surface area contributed by atoms with Crippen LogP contribution in [0.1, 0.15) is 5.82 Å². The van der Waals surface area contributed by atoms with Crippen molar-refractivity contribution in [3.63, 3.8) is 0 Å². The lowest BCUT2D eigenvalue weighted by Gasteiger charge is -2.01.